The van der Waals surface area contributed by atoms with Crippen LogP contribution in [0.2, 0.25) is 0 Å². The second kappa shape index (κ2) is 5.41. The zero-order chi connectivity index (χ0) is 13.9. The third-order valence-electron chi connectivity index (χ3n) is 3.51. The van der Waals surface area contributed by atoms with Crippen molar-refractivity contribution < 1.29 is 5.11 Å². The van der Waals surface area contributed by atoms with Crippen LogP contribution in [-0.4, -0.2) is 10.1 Å². The molecule has 0 radical (unpaired) electrons. The van der Waals surface area contributed by atoms with Gasteiger partial charge in [0.15, 0.2) is 0 Å². The van der Waals surface area contributed by atoms with Gasteiger partial charge in [-0.05, 0) is 11.6 Å². The van der Waals surface area contributed by atoms with Gasteiger partial charge in [-0.25, -0.2) is 0 Å². The predicted octanol–water partition coefficient (Wildman–Crippen LogP) is 2.97. The minimum Gasteiger partial charge on any atom is -0.386 e. The Balaban J connectivity index is 2.03. The van der Waals surface area contributed by atoms with E-state index in [9.17, 15) is 5.11 Å². The monoisotopic (exact) mass is 264 g/mol. The number of aliphatic hydroxyl groups is 1. The molecule has 3 nitrogen and oxygen atoms in total. The van der Waals surface area contributed by atoms with Crippen molar-refractivity contribution in [2.45, 2.75) is 12.1 Å². The number of benzene rings is 2. The van der Waals surface area contributed by atoms with Gasteiger partial charge in [-0.3, -0.25) is 4.98 Å². The van der Waals surface area contributed by atoms with Crippen LogP contribution in [0.5, 0.6) is 0 Å². The molecule has 0 amide bonds. The van der Waals surface area contributed by atoms with Crippen LogP contribution in [0.25, 0.3) is 10.9 Å². The molecule has 3 N–H and O–H groups in total. The fourth-order valence-electron chi connectivity index (χ4n) is 2.42. The quantitative estimate of drug-likeness (QED) is 0.764. The van der Waals surface area contributed by atoms with E-state index in [0.29, 0.717) is 0 Å². The Morgan fingerprint density at radius 2 is 1.65 bits per heavy atom. The smallest absolute Gasteiger partial charge is 0.100 e. The van der Waals surface area contributed by atoms with Crippen LogP contribution in [0.15, 0.2) is 66.9 Å². The molecule has 1 heterocycles. The Hall–Kier alpha value is -2.23. The van der Waals surface area contributed by atoms with Crippen LogP contribution >= 0.6 is 0 Å². The minimum atomic E-state index is -0.781. The third-order valence-corrected chi connectivity index (χ3v) is 3.51. The Morgan fingerprint density at radius 3 is 2.45 bits per heavy atom. The van der Waals surface area contributed by atoms with Crippen molar-refractivity contribution in [3.63, 3.8) is 0 Å². The van der Waals surface area contributed by atoms with E-state index >= 15 is 0 Å². The molecule has 0 saturated heterocycles. The van der Waals surface area contributed by atoms with E-state index < -0.39 is 12.1 Å². The summed E-state index contributed by atoms with van der Waals surface area (Å²) in [5.41, 5.74) is 8.66. The van der Waals surface area contributed by atoms with Crippen molar-refractivity contribution in [3.8, 4) is 0 Å². The summed E-state index contributed by atoms with van der Waals surface area (Å²) in [4.78, 5) is 4.36. The topological polar surface area (TPSA) is 59.1 Å². The van der Waals surface area contributed by atoms with E-state index in [1.54, 1.807) is 6.20 Å². The summed E-state index contributed by atoms with van der Waals surface area (Å²) in [6, 6.07) is 18.8. The molecule has 3 aromatic rings. The molecule has 3 rings (SSSR count). The van der Waals surface area contributed by atoms with E-state index in [-0.39, 0.29) is 0 Å². The van der Waals surface area contributed by atoms with Crippen molar-refractivity contribution in [3.05, 3.63) is 78.0 Å². The number of fused-ring (bicyclic) bond motifs is 1. The van der Waals surface area contributed by atoms with Crippen LogP contribution in [0.1, 0.15) is 23.3 Å². The van der Waals surface area contributed by atoms with E-state index in [1.165, 1.54) is 0 Å². The number of aromatic nitrogens is 1. The van der Waals surface area contributed by atoms with E-state index in [1.807, 2.05) is 60.7 Å². The summed E-state index contributed by atoms with van der Waals surface area (Å²) in [6.45, 7) is 0. The number of hydrogen-bond donors (Lipinski definition) is 2. The van der Waals surface area contributed by atoms with Gasteiger partial charge in [0.05, 0.1) is 11.6 Å². The van der Waals surface area contributed by atoms with Gasteiger partial charge in [0.2, 0.25) is 0 Å². The number of nitrogens with two attached hydrogens (primary N) is 1. The summed E-state index contributed by atoms with van der Waals surface area (Å²) in [7, 11) is 0. The highest BCUT2D eigenvalue weighted by Gasteiger charge is 2.20. The summed E-state index contributed by atoms with van der Waals surface area (Å²) >= 11 is 0. The first-order valence-corrected chi connectivity index (χ1v) is 6.59. The first kappa shape index (κ1) is 12.8. The molecule has 20 heavy (non-hydrogen) atoms. The molecule has 0 spiro atoms. The van der Waals surface area contributed by atoms with Gasteiger partial charge in [-0.2, -0.15) is 0 Å². The van der Waals surface area contributed by atoms with Crippen molar-refractivity contribution in [1.82, 2.24) is 4.98 Å². The molecule has 0 bridgehead atoms. The van der Waals surface area contributed by atoms with Crippen molar-refractivity contribution >= 4 is 10.9 Å². The molecule has 3 heteroatoms. The van der Waals surface area contributed by atoms with E-state index in [0.717, 1.165) is 22.0 Å². The molecule has 0 fully saturated rings. The highest BCUT2D eigenvalue weighted by atomic mass is 16.3. The number of nitrogens with zero attached hydrogens (tertiary/aromatic N) is 1. The standard InChI is InChI=1S/C17H16N2O/c18-15(12-6-2-1-3-7-12)17(20)14-10-4-8-13-9-5-11-19-16(13)14/h1-11,15,17,20H,18H2. The molecule has 1 aromatic heterocycles. The van der Waals surface area contributed by atoms with Crippen LogP contribution in [0, 0.1) is 0 Å². The SMILES string of the molecule is NC(c1ccccc1)C(O)c1cccc2cccnc12. The molecule has 2 atom stereocenters. The minimum absolute atomic E-state index is 0.469. The van der Waals surface area contributed by atoms with Gasteiger partial charge in [-0.15, -0.1) is 0 Å². The molecule has 2 unspecified atom stereocenters. The van der Waals surface area contributed by atoms with E-state index in [4.69, 9.17) is 5.73 Å². The van der Waals surface area contributed by atoms with Gasteiger partial charge in [0, 0.05) is 17.1 Å². The maximum absolute atomic E-state index is 10.6. The highest BCUT2D eigenvalue weighted by Crippen LogP contribution is 2.30. The normalized spacial score (nSPS) is 14.1. The number of pyridine rings is 1. The van der Waals surface area contributed by atoms with Gasteiger partial charge in [-0.1, -0.05) is 54.6 Å². The van der Waals surface area contributed by atoms with Crippen LogP contribution in [0.4, 0.5) is 0 Å². The maximum Gasteiger partial charge on any atom is 0.100 e. The molecule has 0 saturated carbocycles. The van der Waals surface area contributed by atoms with Crippen LogP contribution in [0.3, 0.4) is 0 Å². The molecule has 2 aromatic carbocycles. The fraction of sp³-hybridized carbons (Fsp3) is 0.118. The fourth-order valence-corrected chi connectivity index (χ4v) is 2.42. The van der Waals surface area contributed by atoms with Gasteiger partial charge in [0.25, 0.3) is 0 Å². The third kappa shape index (κ3) is 2.29. The Labute approximate surface area is 117 Å². The second-order valence-corrected chi connectivity index (χ2v) is 4.80. The second-order valence-electron chi connectivity index (χ2n) is 4.80. The van der Waals surface area contributed by atoms with Gasteiger partial charge < -0.3 is 10.8 Å². The van der Waals surface area contributed by atoms with Crippen molar-refractivity contribution in [1.29, 1.82) is 0 Å². The molecular formula is C17H16N2O. The summed E-state index contributed by atoms with van der Waals surface area (Å²) in [5, 5.41) is 11.6. The van der Waals surface area contributed by atoms with Crippen molar-refractivity contribution in [2.24, 2.45) is 5.73 Å². The Morgan fingerprint density at radius 1 is 0.900 bits per heavy atom. The lowest BCUT2D eigenvalue weighted by atomic mass is 9.95. The molecule has 100 valence electrons. The highest BCUT2D eigenvalue weighted by molar-refractivity contribution is 5.81. The number of aliphatic hydroxyl groups excluding tert-OH is 1. The van der Waals surface area contributed by atoms with Crippen LogP contribution in [-0.2, 0) is 0 Å². The van der Waals surface area contributed by atoms with Gasteiger partial charge >= 0.3 is 0 Å². The lowest BCUT2D eigenvalue weighted by molar-refractivity contribution is 0.148. The molecular weight excluding hydrogens is 248 g/mol. The number of para-hydroxylation sites is 1. The van der Waals surface area contributed by atoms with E-state index in [2.05, 4.69) is 4.98 Å². The largest absolute Gasteiger partial charge is 0.386 e. The lowest BCUT2D eigenvalue weighted by Crippen LogP contribution is -2.19. The molecule has 0 aliphatic rings. The summed E-state index contributed by atoms with van der Waals surface area (Å²) < 4.78 is 0. The maximum atomic E-state index is 10.6. The predicted molar refractivity (Wildman–Crippen MR) is 80.1 cm³/mol. The van der Waals surface area contributed by atoms with Gasteiger partial charge in [0.1, 0.15) is 6.10 Å². The first-order chi connectivity index (χ1) is 9.77. The number of rotatable bonds is 3. The summed E-state index contributed by atoms with van der Waals surface area (Å²) in [6.07, 6.45) is 0.947. The average Bonchev–Trinajstić information content (AvgIpc) is 2.54. The van der Waals surface area contributed by atoms with Crippen LogP contribution < -0.4 is 5.73 Å². The Bertz CT molecular complexity index is 707. The average molecular weight is 264 g/mol. The number of hydrogen-bond acceptors (Lipinski definition) is 3. The Kier molecular flexibility index (Phi) is 3.46. The molecule has 0 aliphatic heterocycles. The summed E-state index contributed by atoms with van der Waals surface area (Å²) in [5.74, 6) is 0. The lowest BCUT2D eigenvalue weighted by Gasteiger charge is -2.20. The zero-order valence-electron chi connectivity index (χ0n) is 11.0. The molecule has 0 aliphatic carbocycles. The zero-order valence-corrected chi connectivity index (χ0v) is 11.0. The first-order valence-electron chi connectivity index (χ1n) is 6.59. The van der Waals surface area contributed by atoms with Crippen molar-refractivity contribution in [2.75, 3.05) is 0 Å².